The van der Waals surface area contributed by atoms with Crippen molar-refractivity contribution in [3.8, 4) is 17.2 Å². The predicted molar refractivity (Wildman–Crippen MR) is 63.9 cm³/mol. The summed E-state index contributed by atoms with van der Waals surface area (Å²) in [5.74, 6) is 0.636. The highest BCUT2D eigenvalue weighted by Gasteiger charge is 2.11. The summed E-state index contributed by atoms with van der Waals surface area (Å²) >= 11 is 0. The van der Waals surface area contributed by atoms with Crippen LogP contribution in [0.25, 0.3) is 11.5 Å². The normalized spacial score (nSPS) is 10.6. The zero-order valence-corrected chi connectivity index (χ0v) is 10.2. The molecule has 0 aliphatic rings. The van der Waals surface area contributed by atoms with E-state index in [2.05, 4.69) is 15.5 Å². The quantitative estimate of drug-likeness (QED) is 0.875. The van der Waals surface area contributed by atoms with E-state index in [0.29, 0.717) is 23.7 Å². The Bertz CT molecular complexity index is 528. The van der Waals surface area contributed by atoms with Gasteiger partial charge in [0.15, 0.2) is 17.4 Å². The molecule has 18 heavy (non-hydrogen) atoms. The van der Waals surface area contributed by atoms with Crippen molar-refractivity contribution in [2.24, 2.45) is 0 Å². The molecule has 96 valence electrons. The average molecular weight is 251 g/mol. The van der Waals surface area contributed by atoms with Gasteiger partial charge in [0.1, 0.15) is 0 Å². The minimum atomic E-state index is -0.454. The molecule has 0 aliphatic carbocycles. The molecule has 0 bridgehead atoms. The van der Waals surface area contributed by atoms with Gasteiger partial charge in [-0.3, -0.25) is 0 Å². The van der Waals surface area contributed by atoms with Crippen molar-refractivity contribution in [1.82, 2.24) is 15.5 Å². The van der Waals surface area contributed by atoms with Crippen LogP contribution in [-0.4, -0.2) is 30.8 Å². The van der Waals surface area contributed by atoms with E-state index in [0.717, 1.165) is 6.54 Å². The first-order valence-electron chi connectivity index (χ1n) is 5.55. The number of rotatable bonds is 5. The fourth-order valence-electron chi connectivity index (χ4n) is 1.51. The first kappa shape index (κ1) is 12.5. The molecule has 0 saturated carbocycles. The fourth-order valence-corrected chi connectivity index (χ4v) is 1.51. The third-order valence-corrected chi connectivity index (χ3v) is 2.47. The van der Waals surface area contributed by atoms with Crippen LogP contribution in [0.2, 0.25) is 0 Å². The second-order valence-electron chi connectivity index (χ2n) is 3.72. The third kappa shape index (κ3) is 2.65. The minimum absolute atomic E-state index is 0.189. The third-order valence-electron chi connectivity index (χ3n) is 2.47. The molecular formula is C12H14FN3O2. The minimum Gasteiger partial charge on any atom is -0.494 e. The molecule has 1 aromatic carbocycles. The number of benzene rings is 1. The van der Waals surface area contributed by atoms with Crippen LogP contribution in [0.5, 0.6) is 5.75 Å². The van der Waals surface area contributed by atoms with Crippen molar-refractivity contribution in [2.75, 3.05) is 20.7 Å². The zero-order chi connectivity index (χ0) is 13.0. The van der Waals surface area contributed by atoms with Crippen molar-refractivity contribution in [3.05, 3.63) is 29.8 Å². The summed E-state index contributed by atoms with van der Waals surface area (Å²) in [7, 11) is 3.26. The Morgan fingerprint density at radius 1 is 1.44 bits per heavy atom. The summed E-state index contributed by atoms with van der Waals surface area (Å²) in [5.41, 5.74) is 0.538. The molecule has 0 fully saturated rings. The van der Waals surface area contributed by atoms with Crippen molar-refractivity contribution in [3.63, 3.8) is 0 Å². The molecule has 2 rings (SSSR count). The van der Waals surface area contributed by atoms with Gasteiger partial charge in [0, 0.05) is 18.5 Å². The topological polar surface area (TPSA) is 60.2 Å². The number of methoxy groups -OCH3 is 1. The Kier molecular flexibility index (Phi) is 3.88. The Balaban J connectivity index is 2.20. The lowest BCUT2D eigenvalue weighted by molar-refractivity contribution is 0.386. The smallest absolute Gasteiger partial charge is 0.258 e. The zero-order valence-electron chi connectivity index (χ0n) is 10.2. The maximum atomic E-state index is 13.5. The van der Waals surface area contributed by atoms with E-state index in [1.54, 1.807) is 6.07 Å². The highest BCUT2D eigenvalue weighted by atomic mass is 19.1. The standard InChI is InChI=1S/C12H14FN3O2/c1-14-6-5-11-15-12(18-16-11)8-3-4-10(17-2)9(13)7-8/h3-4,7,14H,5-6H2,1-2H3. The van der Waals surface area contributed by atoms with E-state index in [-0.39, 0.29) is 5.75 Å². The van der Waals surface area contributed by atoms with E-state index >= 15 is 0 Å². The monoisotopic (exact) mass is 251 g/mol. The summed E-state index contributed by atoms with van der Waals surface area (Å²) in [6, 6.07) is 4.52. The Hall–Kier alpha value is -1.95. The molecule has 0 atom stereocenters. The second-order valence-corrected chi connectivity index (χ2v) is 3.72. The van der Waals surface area contributed by atoms with Gasteiger partial charge in [-0.2, -0.15) is 4.98 Å². The van der Waals surface area contributed by atoms with E-state index < -0.39 is 5.82 Å². The lowest BCUT2D eigenvalue weighted by Crippen LogP contribution is -2.10. The highest BCUT2D eigenvalue weighted by molar-refractivity contribution is 5.54. The first-order valence-corrected chi connectivity index (χ1v) is 5.55. The molecule has 0 saturated heterocycles. The van der Waals surface area contributed by atoms with Crippen LogP contribution in [-0.2, 0) is 6.42 Å². The molecule has 0 unspecified atom stereocenters. The maximum Gasteiger partial charge on any atom is 0.258 e. The number of hydrogen-bond acceptors (Lipinski definition) is 5. The SMILES string of the molecule is CNCCc1noc(-c2ccc(OC)c(F)c2)n1. The molecule has 2 aromatic rings. The Labute approximate surface area is 104 Å². The molecule has 0 amide bonds. The average Bonchev–Trinajstić information content (AvgIpc) is 2.85. The number of likely N-dealkylation sites (N-methyl/N-ethyl adjacent to an activating group) is 1. The van der Waals surface area contributed by atoms with Crippen molar-refractivity contribution in [1.29, 1.82) is 0 Å². The molecule has 1 heterocycles. The maximum absolute atomic E-state index is 13.5. The number of aromatic nitrogens is 2. The fraction of sp³-hybridized carbons (Fsp3) is 0.333. The van der Waals surface area contributed by atoms with Crippen LogP contribution >= 0.6 is 0 Å². The van der Waals surface area contributed by atoms with Gasteiger partial charge in [-0.15, -0.1) is 0 Å². The highest BCUT2D eigenvalue weighted by Crippen LogP contribution is 2.24. The molecule has 0 radical (unpaired) electrons. The molecule has 0 spiro atoms. The van der Waals surface area contributed by atoms with E-state index in [1.165, 1.54) is 19.2 Å². The first-order chi connectivity index (χ1) is 8.74. The second kappa shape index (κ2) is 5.59. The van der Waals surface area contributed by atoms with Crippen LogP contribution in [0.4, 0.5) is 4.39 Å². The largest absolute Gasteiger partial charge is 0.494 e. The molecule has 0 aliphatic heterocycles. The molecule has 1 aromatic heterocycles. The van der Waals surface area contributed by atoms with Gasteiger partial charge < -0.3 is 14.6 Å². The summed E-state index contributed by atoms with van der Waals surface area (Å²) in [6.07, 6.45) is 0.665. The number of hydrogen-bond donors (Lipinski definition) is 1. The summed E-state index contributed by atoms with van der Waals surface area (Å²) in [6.45, 7) is 0.760. The van der Waals surface area contributed by atoms with Gasteiger partial charge in [0.25, 0.3) is 5.89 Å². The van der Waals surface area contributed by atoms with Gasteiger partial charge in [0.2, 0.25) is 0 Å². The molecular weight excluding hydrogens is 237 g/mol. The van der Waals surface area contributed by atoms with Gasteiger partial charge in [0.05, 0.1) is 7.11 Å². The Morgan fingerprint density at radius 2 is 2.28 bits per heavy atom. The van der Waals surface area contributed by atoms with Crippen molar-refractivity contribution < 1.29 is 13.7 Å². The van der Waals surface area contributed by atoms with Gasteiger partial charge in [-0.05, 0) is 25.2 Å². The van der Waals surface area contributed by atoms with Crippen molar-refractivity contribution in [2.45, 2.75) is 6.42 Å². The van der Waals surface area contributed by atoms with Gasteiger partial charge in [-0.25, -0.2) is 4.39 Å². The predicted octanol–water partition coefficient (Wildman–Crippen LogP) is 1.65. The summed E-state index contributed by atoms with van der Waals surface area (Å²) in [4.78, 5) is 4.19. The lowest BCUT2D eigenvalue weighted by Gasteiger charge is -2.01. The number of nitrogens with zero attached hydrogens (tertiary/aromatic N) is 2. The molecule has 6 heteroatoms. The van der Waals surface area contributed by atoms with Crippen LogP contribution in [0.15, 0.2) is 22.7 Å². The van der Waals surface area contributed by atoms with Crippen molar-refractivity contribution >= 4 is 0 Å². The lowest BCUT2D eigenvalue weighted by atomic mass is 10.2. The number of ether oxygens (including phenoxy) is 1. The molecule has 1 N–H and O–H groups in total. The van der Waals surface area contributed by atoms with Crippen LogP contribution in [0.3, 0.4) is 0 Å². The van der Waals surface area contributed by atoms with Gasteiger partial charge in [-0.1, -0.05) is 5.16 Å². The summed E-state index contributed by atoms with van der Waals surface area (Å²) in [5, 5.41) is 6.81. The van der Waals surface area contributed by atoms with Crippen LogP contribution in [0.1, 0.15) is 5.82 Å². The van der Waals surface area contributed by atoms with E-state index in [1.807, 2.05) is 7.05 Å². The van der Waals surface area contributed by atoms with Crippen LogP contribution in [0, 0.1) is 5.82 Å². The Morgan fingerprint density at radius 3 is 2.94 bits per heavy atom. The van der Waals surface area contributed by atoms with E-state index in [4.69, 9.17) is 9.26 Å². The van der Waals surface area contributed by atoms with Crippen LogP contribution < -0.4 is 10.1 Å². The summed E-state index contributed by atoms with van der Waals surface area (Å²) < 4.78 is 23.4. The van der Waals surface area contributed by atoms with E-state index in [9.17, 15) is 4.39 Å². The number of nitrogens with one attached hydrogen (secondary N) is 1. The van der Waals surface area contributed by atoms with Gasteiger partial charge >= 0.3 is 0 Å². The number of halogens is 1. The molecule has 5 nitrogen and oxygen atoms in total.